The number of likely N-dealkylation sites (tertiary alicyclic amines) is 1. The maximum Gasteiger partial charge on any atom is 0.252 e. The highest BCUT2D eigenvalue weighted by Gasteiger charge is 2.29. The van der Waals surface area contributed by atoms with Crippen LogP contribution in [0.1, 0.15) is 22.3 Å². The molecule has 1 unspecified atom stereocenters. The quantitative estimate of drug-likeness (QED) is 0.863. The van der Waals surface area contributed by atoms with Crippen molar-refractivity contribution in [1.29, 1.82) is 0 Å². The summed E-state index contributed by atoms with van der Waals surface area (Å²) in [6, 6.07) is 14.7. The van der Waals surface area contributed by atoms with Crippen molar-refractivity contribution in [2.45, 2.75) is 13.0 Å². The number of halogens is 2. The van der Waals surface area contributed by atoms with Gasteiger partial charge >= 0.3 is 0 Å². The molecule has 1 fully saturated rings. The summed E-state index contributed by atoms with van der Waals surface area (Å²) in [5, 5.41) is 3.66. The predicted molar refractivity (Wildman–Crippen MR) is 98.8 cm³/mol. The van der Waals surface area contributed by atoms with Gasteiger partial charge in [0.15, 0.2) is 0 Å². The first-order valence-corrected chi connectivity index (χ1v) is 8.83. The number of nitrogens with zero attached hydrogens (tertiary/aromatic N) is 1. The Morgan fingerprint density at radius 3 is 2.64 bits per heavy atom. The molecule has 1 aliphatic heterocycles. The number of hydrogen-bond acceptors (Lipinski definition) is 2. The van der Waals surface area contributed by atoms with Gasteiger partial charge in [-0.3, -0.25) is 9.59 Å². The number of benzene rings is 2. The zero-order chi connectivity index (χ0) is 17.8. The van der Waals surface area contributed by atoms with E-state index in [0.29, 0.717) is 41.7 Å². The molecule has 0 radical (unpaired) electrons. The lowest BCUT2D eigenvalue weighted by Gasteiger charge is -2.17. The van der Waals surface area contributed by atoms with Gasteiger partial charge in [0.25, 0.3) is 5.91 Å². The van der Waals surface area contributed by atoms with Gasteiger partial charge in [0.05, 0.1) is 10.6 Å². The molecule has 2 aromatic carbocycles. The Morgan fingerprint density at radius 2 is 1.92 bits per heavy atom. The molecule has 1 aliphatic rings. The Bertz CT molecular complexity index is 780. The maximum absolute atomic E-state index is 12.3. The van der Waals surface area contributed by atoms with E-state index >= 15 is 0 Å². The minimum Gasteiger partial charge on any atom is -0.352 e. The number of carbonyl (C=O) groups is 2. The van der Waals surface area contributed by atoms with Gasteiger partial charge in [0, 0.05) is 37.0 Å². The van der Waals surface area contributed by atoms with E-state index in [4.69, 9.17) is 23.2 Å². The second-order valence-electron chi connectivity index (χ2n) is 6.16. The molecular weight excluding hydrogens is 359 g/mol. The number of carbonyl (C=O) groups excluding carboxylic acids is 2. The molecule has 6 heteroatoms. The van der Waals surface area contributed by atoms with E-state index in [1.54, 1.807) is 18.2 Å². The predicted octanol–water partition coefficient (Wildman–Crippen LogP) is 3.77. The topological polar surface area (TPSA) is 49.4 Å². The second kappa shape index (κ2) is 7.89. The van der Waals surface area contributed by atoms with Crippen molar-refractivity contribution in [3.05, 3.63) is 69.7 Å². The minimum absolute atomic E-state index is 0.103. The Hall–Kier alpha value is -2.04. The number of rotatable bonds is 5. The molecule has 1 saturated heterocycles. The molecule has 130 valence electrons. The monoisotopic (exact) mass is 376 g/mol. The van der Waals surface area contributed by atoms with Crippen LogP contribution < -0.4 is 5.32 Å². The summed E-state index contributed by atoms with van der Waals surface area (Å²) in [6.07, 6.45) is 0.446. The summed E-state index contributed by atoms with van der Waals surface area (Å²) < 4.78 is 0. The van der Waals surface area contributed by atoms with Crippen LogP contribution >= 0.6 is 23.2 Å². The van der Waals surface area contributed by atoms with Gasteiger partial charge in [-0.2, -0.15) is 0 Å². The molecule has 1 heterocycles. The highest BCUT2D eigenvalue weighted by atomic mass is 35.5. The molecule has 3 rings (SSSR count). The zero-order valence-electron chi connectivity index (χ0n) is 13.5. The van der Waals surface area contributed by atoms with Gasteiger partial charge in [-0.1, -0.05) is 53.5 Å². The van der Waals surface area contributed by atoms with E-state index in [0.717, 1.165) is 5.56 Å². The largest absolute Gasteiger partial charge is 0.352 e. The van der Waals surface area contributed by atoms with Gasteiger partial charge in [-0.15, -0.1) is 0 Å². The smallest absolute Gasteiger partial charge is 0.252 e. The summed E-state index contributed by atoms with van der Waals surface area (Å²) in [5.41, 5.74) is 1.49. The van der Waals surface area contributed by atoms with Gasteiger partial charge in [0.1, 0.15) is 0 Å². The van der Waals surface area contributed by atoms with Crippen molar-refractivity contribution in [3.63, 3.8) is 0 Å². The van der Waals surface area contributed by atoms with E-state index in [1.165, 1.54) is 0 Å². The van der Waals surface area contributed by atoms with Gasteiger partial charge < -0.3 is 10.2 Å². The highest BCUT2D eigenvalue weighted by molar-refractivity contribution is 6.36. The van der Waals surface area contributed by atoms with Crippen molar-refractivity contribution in [3.8, 4) is 0 Å². The van der Waals surface area contributed by atoms with Crippen molar-refractivity contribution >= 4 is 35.0 Å². The molecule has 1 atom stereocenters. The number of hydrogen-bond donors (Lipinski definition) is 1. The lowest BCUT2D eigenvalue weighted by Crippen LogP contribution is -2.31. The Balaban J connectivity index is 1.54. The van der Waals surface area contributed by atoms with Crippen LogP contribution in [0.5, 0.6) is 0 Å². The lowest BCUT2D eigenvalue weighted by molar-refractivity contribution is -0.128. The first-order valence-electron chi connectivity index (χ1n) is 8.08. The molecular formula is C19H18Cl2N2O2. The SMILES string of the molecule is O=C(NCC1CC(=O)N(Cc2ccccc2)C1)c1ccc(Cl)cc1Cl. The molecule has 2 aromatic rings. The Labute approximate surface area is 156 Å². The van der Waals surface area contributed by atoms with Crippen LogP contribution in [0.15, 0.2) is 48.5 Å². The van der Waals surface area contributed by atoms with Gasteiger partial charge in [-0.05, 0) is 23.8 Å². The summed E-state index contributed by atoms with van der Waals surface area (Å²) in [7, 11) is 0. The third-order valence-corrected chi connectivity index (χ3v) is 4.79. The maximum atomic E-state index is 12.3. The minimum atomic E-state index is -0.254. The van der Waals surface area contributed by atoms with Gasteiger partial charge in [-0.25, -0.2) is 0 Å². The van der Waals surface area contributed by atoms with Crippen molar-refractivity contribution < 1.29 is 9.59 Å². The van der Waals surface area contributed by atoms with E-state index in [1.807, 2.05) is 35.2 Å². The van der Waals surface area contributed by atoms with Crippen LogP contribution in [0, 0.1) is 5.92 Å². The molecule has 0 spiro atoms. The first-order chi connectivity index (χ1) is 12.0. The van der Waals surface area contributed by atoms with E-state index < -0.39 is 0 Å². The molecule has 0 saturated carbocycles. The van der Waals surface area contributed by atoms with E-state index in [2.05, 4.69) is 5.32 Å². The van der Waals surface area contributed by atoms with Crippen molar-refractivity contribution in [2.24, 2.45) is 5.92 Å². The first kappa shape index (κ1) is 17.8. The average Bonchev–Trinajstić information content (AvgIpc) is 2.93. The average molecular weight is 377 g/mol. The summed E-state index contributed by atoms with van der Waals surface area (Å²) in [6.45, 7) is 1.68. The summed E-state index contributed by atoms with van der Waals surface area (Å²) in [4.78, 5) is 26.3. The molecule has 2 amide bonds. The fourth-order valence-electron chi connectivity index (χ4n) is 2.95. The molecule has 25 heavy (non-hydrogen) atoms. The fourth-order valence-corrected chi connectivity index (χ4v) is 3.45. The van der Waals surface area contributed by atoms with Crippen LogP contribution in [0.3, 0.4) is 0 Å². The Kier molecular flexibility index (Phi) is 5.61. The zero-order valence-corrected chi connectivity index (χ0v) is 15.1. The van der Waals surface area contributed by atoms with Crippen LogP contribution in [0.2, 0.25) is 10.0 Å². The van der Waals surface area contributed by atoms with E-state index in [-0.39, 0.29) is 17.7 Å². The second-order valence-corrected chi connectivity index (χ2v) is 7.01. The molecule has 0 aromatic heterocycles. The molecule has 4 nitrogen and oxygen atoms in total. The molecule has 1 N–H and O–H groups in total. The number of nitrogens with one attached hydrogen (secondary N) is 1. The van der Waals surface area contributed by atoms with Crippen LogP contribution in [0.25, 0.3) is 0 Å². The third-order valence-electron chi connectivity index (χ3n) is 4.24. The molecule has 0 aliphatic carbocycles. The third kappa shape index (κ3) is 4.53. The van der Waals surface area contributed by atoms with Crippen LogP contribution in [0.4, 0.5) is 0 Å². The summed E-state index contributed by atoms with van der Waals surface area (Å²) in [5.74, 6) is -0.0329. The lowest BCUT2D eigenvalue weighted by atomic mass is 10.1. The molecule has 0 bridgehead atoms. The number of amides is 2. The standard InChI is InChI=1S/C19H18Cl2N2O2/c20-15-6-7-16(17(21)9-15)19(25)22-10-14-8-18(24)23(12-14)11-13-4-2-1-3-5-13/h1-7,9,14H,8,10-12H2,(H,22,25). The van der Waals surface area contributed by atoms with Crippen LogP contribution in [-0.2, 0) is 11.3 Å². The van der Waals surface area contributed by atoms with Gasteiger partial charge in [0.2, 0.25) is 5.91 Å². The van der Waals surface area contributed by atoms with Crippen LogP contribution in [-0.4, -0.2) is 29.8 Å². The summed E-state index contributed by atoms with van der Waals surface area (Å²) >= 11 is 11.9. The normalized spacial score (nSPS) is 17.0. The van der Waals surface area contributed by atoms with E-state index in [9.17, 15) is 9.59 Å². The van der Waals surface area contributed by atoms with Crippen molar-refractivity contribution in [1.82, 2.24) is 10.2 Å². The Morgan fingerprint density at radius 1 is 1.16 bits per heavy atom. The highest BCUT2D eigenvalue weighted by Crippen LogP contribution is 2.22. The fraction of sp³-hybridized carbons (Fsp3) is 0.263. The van der Waals surface area contributed by atoms with Crippen molar-refractivity contribution in [2.75, 3.05) is 13.1 Å².